The van der Waals surface area contributed by atoms with Crippen molar-refractivity contribution >= 4 is 5.91 Å². The predicted octanol–water partition coefficient (Wildman–Crippen LogP) is 3.05. The molecule has 0 aliphatic heterocycles. The highest BCUT2D eigenvalue weighted by molar-refractivity contribution is 5.75. The Labute approximate surface area is 171 Å². The normalized spacial score (nSPS) is 10.8. The molecule has 10 heteroatoms. The van der Waals surface area contributed by atoms with E-state index >= 15 is 0 Å². The molecular weight excluding hydrogens is 396 g/mol. The van der Waals surface area contributed by atoms with E-state index in [1.54, 1.807) is 6.07 Å². The molecule has 0 atom stereocenters. The summed E-state index contributed by atoms with van der Waals surface area (Å²) in [5.74, 6) is 0.471. The molecule has 1 heterocycles. The molecule has 0 spiro atoms. The second kappa shape index (κ2) is 10.3. The van der Waals surface area contributed by atoms with Gasteiger partial charge in [-0.05, 0) is 29.3 Å². The molecule has 1 amide bonds. The summed E-state index contributed by atoms with van der Waals surface area (Å²) >= 11 is 0. The number of rotatable bonds is 10. The summed E-state index contributed by atoms with van der Waals surface area (Å²) in [6, 6.07) is 14.1. The Hall–Kier alpha value is -3.56. The molecular formula is C20H21F2N5O3. The van der Waals surface area contributed by atoms with Gasteiger partial charge in [0.2, 0.25) is 11.7 Å². The topological polar surface area (TPSA) is 91.2 Å². The summed E-state index contributed by atoms with van der Waals surface area (Å²) in [5, 5.41) is 15.0. The highest BCUT2D eigenvalue weighted by atomic mass is 19.3. The predicted molar refractivity (Wildman–Crippen MR) is 104 cm³/mol. The van der Waals surface area contributed by atoms with Crippen LogP contribution in [0.2, 0.25) is 0 Å². The van der Waals surface area contributed by atoms with Crippen molar-refractivity contribution in [1.29, 1.82) is 0 Å². The third-order valence-electron chi connectivity index (χ3n) is 4.18. The van der Waals surface area contributed by atoms with E-state index in [0.717, 1.165) is 5.56 Å². The zero-order chi connectivity index (χ0) is 21.3. The number of tetrazole rings is 1. The number of carbonyl (C=O) groups excluding carboxylic acids is 1. The van der Waals surface area contributed by atoms with Crippen LogP contribution in [-0.2, 0) is 17.9 Å². The fourth-order valence-corrected chi connectivity index (χ4v) is 2.73. The van der Waals surface area contributed by atoms with Crippen LogP contribution in [0.5, 0.6) is 11.5 Å². The SMILES string of the molecule is COc1ccc(CNC(=O)CCCn2nnc(-c3ccccc3)n2)cc1OC(F)F. The van der Waals surface area contributed by atoms with Crippen LogP contribution < -0.4 is 14.8 Å². The number of methoxy groups -OCH3 is 1. The Balaban J connectivity index is 1.45. The Morgan fingerprint density at radius 1 is 1.17 bits per heavy atom. The molecule has 0 unspecified atom stereocenters. The number of hydrogen-bond donors (Lipinski definition) is 1. The molecule has 0 aliphatic carbocycles. The largest absolute Gasteiger partial charge is 0.493 e. The van der Waals surface area contributed by atoms with Crippen molar-refractivity contribution < 1.29 is 23.0 Å². The summed E-state index contributed by atoms with van der Waals surface area (Å²) in [7, 11) is 1.36. The van der Waals surface area contributed by atoms with E-state index in [4.69, 9.17) is 4.74 Å². The standard InChI is InChI=1S/C20H21F2N5O3/c1-29-16-10-9-14(12-17(16)30-20(21)22)13-23-18(28)8-5-11-27-25-19(24-26-27)15-6-3-2-4-7-15/h2-4,6-7,9-10,12,20H,5,8,11,13H2,1H3,(H,23,28). The highest BCUT2D eigenvalue weighted by Crippen LogP contribution is 2.29. The number of alkyl halides is 2. The molecule has 0 saturated carbocycles. The lowest BCUT2D eigenvalue weighted by Crippen LogP contribution is -2.23. The molecule has 2 aromatic carbocycles. The number of nitrogens with one attached hydrogen (secondary N) is 1. The molecule has 0 bridgehead atoms. The van der Waals surface area contributed by atoms with Gasteiger partial charge in [0.1, 0.15) is 0 Å². The summed E-state index contributed by atoms with van der Waals surface area (Å²) in [6.45, 7) is -2.33. The quantitative estimate of drug-likeness (QED) is 0.545. The average molecular weight is 417 g/mol. The van der Waals surface area contributed by atoms with Crippen molar-refractivity contribution in [2.75, 3.05) is 7.11 Å². The number of nitrogens with zero attached hydrogens (tertiary/aromatic N) is 4. The molecule has 3 rings (SSSR count). The van der Waals surface area contributed by atoms with Crippen LogP contribution in [0.15, 0.2) is 48.5 Å². The van der Waals surface area contributed by atoms with E-state index in [2.05, 4.69) is 25.5 Å². The van der Waals surface area contributed by atoms with Gasteiger partial charge >= 0.3 is 6.61 Å². The van der Waals surface area contributed by atoms with Crippen molar-refractivity contribution in [3.05, 3.63) is 54.1 Å². The van der Waals surface area contributed by atoms with Gasteiger partial charge in [-0.1, -0.05) is 36.4 Å². The number of halogens is 2. The maximum absolute atomic E-state index is 12.5. The monoisotopic (exact) mass is 417 g/mol. The van der Waals surface area contributed by atoms with Gasteiger partial charge in [0, 0.05) is 18.5 Å². The van der Waals surface area contributed by atoms with E-state index in [0.29, 0.717) is 24.4 Å². The maximum atomic E-state index is 12.5. The van der Waals surface area contributed by atoms with E-state index in [-0.39, 0.29) is 30.4 Å². The van der Waals surface area contributed by atoms with Crippen LogP contribution in [0.4, 0.5) is 8.78 Å². The van der Waals surface area contributed by atoms with Gasteiger partial charge < -0.3 is 14.8 Å². The first-order chi connectivity index (χ1) is 14.5. The van der Waals surface area contributed by atoms with Gasteiger partial charge in [0.25, 0.3) is 0 Å². The summed E-state index contributed by atoms with van der Waals surface area (Å²) in [4.78, 5) is 13.5. The van der Waals surface area contributed by atoms with E-state index in [1.165, 1.54) is 24.0 Å². The number of aryl methyl sites for hydroxylation is 1. The number of benzene rings is 2. The number of carbonyl (C=O) groups is 1. The maximum Gasteiger partial charge on any atom is 0.387 e. The van der Waals surface area contributed by atoms with Crippen LogP contribution >= 0.6 is 0 Å². The number of amides is 1. The van der Waals surface area contributed by atoms with Crippen LogP contribution in [0.3, 0.4) is 0 Å². The van der Waals surface area contributed by atoms with Crippen LogP contribution in [-0.4, -0.2) is 39.8 Å². The molecule has 1 aromatic heterocycles. The van der Waals surface area contributed by atoms with Gasteiger partial charge in [-0.15, -0.1) is 10.2 Å². The minimum absolute atomic E-state index is 0.0780. The number of ether oxygens (including phenoxy) is 2. The van der Waals surface area contributed by atoms with E-state index in [9.17, 15) is 13.6 Å². The zero-order valence-electron chi connectivity index (χ0n) is 16.3. The molecule has 3 aromatic rings. The van der Waals surface area contributed by atoms with Crippen molar-refractivity contribution in [1.82, 2.24) is 25.5 Å². The fraction of sp³-hybridized carbons (Fsp3) is 0.300. The fourth-order valence-electron chi connectivity index (χ4n) is 2.73. The lowest BCUT2D eigenvalue weighted by atomic mass is 10.2. The minimum Gasteiger partial charge on any atom is -0.493 e. The molecule has 8 nitrogen and oxygen atoms in total. The van der Waals surface area contributed by atoms with Crippen molar-refractivity contribution in [2.24, 2.45) is 0 Å². The first kappa shape index (κ1) is 21.2. The van der Waals surface area contributed by atoms with Crippen LogP contribution in [0.25, 0.3) is 11.4 Å². The zero-order valence-corrected chi connectivity index (χ0v) is 16.3. The molecule has 30 heavy (non-hydrogen) atoms. The average Bonchev–Trinajstić information content (AvgIpc) is 3.21. The van der Waals surface area contributed by atoms with Crippen molar-refractivity contribution in [2.45, 2.75) is 32.5 Å². The number of hydrogen-bond acceptors (Lipinski definition) is 6. The first-order valence-corrected chi connectivity index (χ1v) is 9.27. The van der Waals surface area contributed by atoms with Gasteiger partial charge in [-0.2, -0.15) is 13.6 Å². The minimum atomic E-state index is -2.96. The van der Waals surface area contributed by atoms with Crippen LogP contribution in [0.1, 0.15) is 18.4 Å². The molecule has 0 fully saturated rings. The van der Waals surface area contributed by atoms with Crippen LogP contribution in [0, 0.1) is 0 Å². The summed E-state index contributed by atoms with van der Waals surface area (Å²) in [6.07, 6.45) is 0.789. The highest BCUT2D eigenvalue weighted by Gasteiger charge is 2.12. The third kappa shape index (κ3) is 5.97. The lowest BCUT2D eigenvalue weighted by Gasteiger charge is -2.12. The molecule has 158 valence electrons. The van der Waals surface area contributed by atoms with Gasteiger partial charge in [-0.25, -0.2) is 0 Å². The molecule has 0 aliphatic rings. The van der Waals surface area contributed by atoms with Gasteiger partial charge in [0.15, 0.2) is 11.5 Å². The van der Waals surface area contributed by atoms with Crippen molar-refractivity contribution in [3.8, 4) is 22.9 Å². The molecule has 0 saturated heterocycles. The molecule has 1 N–H and O–H groups in total. The van der Waals surface area contributed by atoms with Gasteiger partial charge in [0.05, 0.1) is 13.7 Å². The van der Waals surface area contributed by atoms with Gasteiger partial charge in [-0.3, -0.25) is 4.79 Å². The Morgan fingerprint density at radius 2 is 1.97 bits per heavy atom. The molecule has 0 radical (unpaired) electrons. The summed E-state index contributed by atoms with van der Waals surface area (Å²) in [5.41, 5.74) is 1.49. The second-order valence-electron chi connectivity index (χ2n) is 6.32. The lowest BCUT2D eigenvalue weighted by molar-refractivity contribution is -0.121. The second-order valence-corrected chi connectivity index (χ2v) is 6.32. The third-order valence-corrected chi connectivity index (χ3v) is 4.18. The Kier molecular flexibility index (Phi) is 7.25. The summed E-state index contributed by atoms with van der Waals surface area (Å²) < 4.78 is 34.4. The Morgan fingerprint density at radius 3 is 2.70 bits per heavy atom. The van der Waals surface area contributed by atoms with E-state index < -0.39 is 6.61 Å². The van der Waals surface area contributed by atoms with Crippen molar-refractivity contribution in [3.63, 3.8) is 0 Å². The Bertz CT molecular complexity index is 966. The number of aromatic nitrogens is 4. The van der Waals surface area contributed by atoms with E-state index in [1.807, 2.05) is 30.3 Å². The first-order valence-electron chi connectivity index (χ1n) is 9.27. The smallest absolute Gasteiger partial charge is 0.387 e.